The van der Waals surface area contributed by atoms with E-state index in [1.165, 1.54) is 58.9 Å². The lowest BCUT2D eigenvalue weighted by Gasteiger charge is -2.26. The minimum absolute atomic E-state index is 0.00363. The molecule has 0 unspecified atom stereocenters. The molecule has 2 aliphatic heterocycles. The van der Waals surface area contributed by atoms with Crippen LogP contribution in [0.1, 0.15) is 15.9 Å². The minimum atomic E-state index is -3.75. The molecule has 9 nitrogen and oxygen atoms in total. The minimum Gasteiger partial charge on any atom is -0.379 e. The van der Waals surface area contributed by atoms with Gasteiger partial charge >= 0.3 is 0 Å². The molecule has 0 aromatic heterocycles. The monoisotopic (exact) mass is 519 g/mol. The number of sulfonamides is 1. The molecule has 184 valence electrons. The first-order valence-electron chi connectivity index (χ1n) is 10.7. The van der Waals surface area contributed by atoms with E-state index in [1.807, 2.05) is 0 Å². The normalized spacial score (nSPS) is 18.3. The number of benzene rings is 2. The van der Waals surface area contributed by atoms with Gasteiger partial charge < -0.3 is 10.1 Å². The van der Waals surface area contributed by atoms with E-state index in [4.69, 9.17) is 4.74 Å². The SMILES string of the molecule is O=C(NCCN1C(=O)S/C(=C/c2ccc(F)cc2)C1=O)c1cccc(S(=O)(=O)N2CCOCC2)c1. The molecular weight excluding hydrogens is 497 g/mol. The van der Waals surface area contributed by atoms with Crippen LogP contribution in [0.15, 0.2) is 58.3 Å². The summed E-state index contributed by atoms with van der Waals surface area (Å²) in [5, 5.41) is 2.14. The van der Waals surface area contributed by atoms with Gasteiger partial charge in [0.1, 0.15) is 5.82 Å². The third-order valence-corrected chi connectivity index (χ3v) is 8.17. The molecule has 2 aromatic carbocycles. The molecule has 0 atom stereocenters. The Kier molecular flexibility index (Phi) is 7.65. The topological polar surface area (TPSA) is 113 Å². The van der Waals surface area contributed by atoms with Crippen LogP contribution in [0.2, 0.25) is 0 Å². The van der Waals surface area contributed by atoms with Gasteiger partial charge in [-0.25, -0.2) is 12.8 Å². The fourth-order valence-electron chi connectivity index (χ4n) is 3.52. The largest absolute Gasteiger partial charge is 0.379 e. The van der Waals surface area contributed by atoms with Crippen molar-refractivity contribution in [3.63, 3.8) is 0 Å². The number of nitrogens with one attached hydrogen (secondary N) is 1. The van der Waals surface area contributed by atoms with E-state index in [2.05, 4.69) is 5.32 Å². The van der Waals surface area contributed by atoms with E-state index in [-0.39, 0.29) is 41.5 Å². The van der Waals surface area contributed by atoms with Gasteiger partial charge in [-0.15, -0.1) is 0 Å². The average molecular weight is 520 g/mol. The van der Waals surface area contributed by atoms with Crippen molar-refractivity contribution >= 4 is 44.9 Å². The number of ether oxygens (including phenoxy) is 1. The molecule has 0 aliphatic carbocycles. The smallest absolute Gasteiger partial charge is 0.293 e. The van der Waals surface area contributed by atoms with E-state index in [0.29, 0.717) is 18.8 Å². The quantitative estimate of drug-likeness (QED) is 0.559. The molecule has 0 bridgehead atoms. The number of rotatable bonds is 7. The molecule has 35 heavy (non-hydrogen) atoms. The zero-order chi connectivity index (χ0) is 25.0. The maximum absolute atomic E-state index is 13.1. The molecule has 1 N–H and O–H groups in total. The first-order chi connectivity index (χ1) is 16.8. The van der Waals surface area contributed by atoms with Crippen LogP contribution < -0.4 is 5.32 Å². The van der Waals surface area contributed by atoms with Crippen molar-refractivity contribution in [1.29, 1.82) is 0 Å². The second-order valence-corrected chi connectivity index (χ2v) is 10.6. The number of amides is 3. The van der Waals surface area contributed by atoms with Gasteiger partial charge in [0, 0.05) is 31.7 Å². The summed E-state index contributed by atoms with van der Waals surface area (Å²) in [6.07, 6.45) is 1.50. The molecule has 2 aliphatic rings. The molecule has 2 heterocycles. The van der Waals surface area contributed by atoms with Gasteiger partial charge in [0.25, 0.3) is 17.1 Å². The van der Waals surface area contributed by atoms with Gasteiger partial charge in [-0.05, 0) is 53.7 Å². The molecule has 12 heteroatoms. The fraction of sp³-hybridized carbons (Fsp3) is 0.261. The van der Waals surface area contributed by atoms with Crippen molar-refractivity contribution in [2.45, 2.75) is 4.90 Å². The molecule has 2 aromatic rings. The van der Waals surface area contributed by atoms with Crippen LogP contribution in [-0.2, 0) is 19.6 Å². The lowest BCUT2D eigenvalue weighted by Crippen LogP contribution is -2.40. The van der Waals surface area contributed by atoms with Crippen LogP contribution >= 0.6 is 11.8 Å². The summed E-state index contributed by atoms with van der Waals surface area (Å²) in [4.78, 5) is 38.7. The van der Waals surface area contributed by atoms with Crippen molar-refractivity contribution in [1.82, 2.24) is 14.5 Å². The van der Waals surface area contributed by atoms with Gasteiger partial charge in [-0.3, -0.25) is 19.3 Å². The molecule has 0 saturated carbocycles. The first-order valence-corrected chi connectivity index (χ1v) is 13.0. The first kappa shape index (κ1) is 25.0. The van der Waals surface area contributed by atoms with Crippen LogP contribution in [0, 0.1) is 5.82 Å². The van der Waals surface area contributed by atoms with Crippen LogP contribution in [-0.4, -0.2) is 74.1 Å². The number of hydrogen-bond donors (Lipinski definition) is 1. The third-order valence-electron chi connectivity index (χ3n) is 5.37. The molecule has 2 saturated heterocycles. The zero-order valence-corrected chi connectivity index (χ0v) is 20.1. The summed E-state index contributed by atoms with van der Waals surface area (Å²) in [7, 11) is -3.75. The zero-order valence-electron chi connectivity index (χ0n) is 18.5. The van der Waals surface area contributed by atoms with Crippen LogP contribution in [0.4, 0.5) is 9.18 Å². The predicted octanol–water partition coefficient (Wildman–Crippen LogP) is 2.31. The molecular formula is C23H22FN3O6S2. The lowest BCUT2D eigenvalue weighted by atomic mass is 10.2. The number of hydrogen-bond acceptors (Lipinski definition) is 7. The number of morpholine rings is 1. The Hall–Kier alpha value is -3.06. The van der Waals surface area contributed by atoms with E-state index in [9.17, 15) is 27.2 Å². The molecule has 4 rings (SSSR count). The lowest BCUT2D eigenvalue weighted by molar-refractivity contribution is -0.122. The van der Waals surface area contributed by atoms with Crippen molar-refractivity contribution in [2.24, 2.45) is 0 Å². The maximum Gasteiger partial charge on any atom is 0.293 e. The Morgan fingerprint density at radius 2 is 1.83 bits per heavy atom. The fourth-order valence-corrected chi connectivity index (χ4v) is 5.84. The van der Waals surface area contributed by atoms with Crippen molar-refractivity contribution in [3.8, 4) is 0 Å². The standard InChI is InChI=1S/C23H22FN3O6S2/c24-18-6-4-16(5-7-18)14-20-22(29)27(23(30)34-20)9-8-25-21(28)17-2-1-3-19(15-17)35(31,32)26-10-12-33-13-11-26/h1-7,14-15H,8-13H2,(H,25,28)/b20-14+. The summed E-state index contributed by atoms with van der Waals surface area (Å²) in [6, 6.07) is 11.2. The van der Waals surface area contributed by atoms with E-state index < -0.39 is 32.9 Å². The highest BCUT2D eigenvalue weighted by atomic mass is 32.2. The Labute approximate surface area is 206 Å². The summed E-state index contributed by atoms with van der Waals surface area (Å²) in [5.74, 6) is -1.44. The number of thioether (sulfide) groups is 1. The average Bonchev–Trinajstić information content (AvgIpc) is 3.13. The van der Waals surface area contributed by atoms with E-state index in [1.54, 1.807) is 0 Å². The molecule has 0 spiro atoms. The van der Waals surface area contributed by atoms with Crippen LogP contribution in [0.25, 0.3) is 6.08 Å². The van der Waals surface area contributed by atoms with E-state index in [0.717, 1.165) is 16.7 Å². The number of carbonyl (C=O) groups is 3. The van der Waals surface area contributed by atoms with Gasteiger partial charge in [-0.1, -0.05) is 18.2 Å². The molecule has 3 amide bonds. The highest BCUT2D eigenvalue weighted by molar-refractivity contribution is 8.18. The van der Waals surface area contributed by atoms with Gasteiger partial charge in [0.2, 0.25) is 10.0 Å². The van der Waals surface area contributed by atoms with Gasteiger partial charge in [-0.2, -0.15) is 4.31 Å². The number of halogens is 1. The number of carbonyl (C=O) groups excluding carboxylic acids is 3. The Balaban J connectivity index is 1.36. The third kappa shape index (κ3) is 5.78. The highest BCUT2D eigenvalue weighted by Gasteiger charge is 2.34. The van der Waals surface area contributed by atoms with Gasteiger partial charge in [0.05, 0.1) is 23.0 Å². The van der Waals surface area contributed by atoms with E-state index >= 15 is 0 Å². The summed E-state index contributed by atoms with van der Waals surface area (Å²) < 4.78 is 45.2. The van der Waals surface area contributed by atoms with Crippen molar-refractivity contribution in [3.05, 3.63) is 70.4 Å². The van der Waals surface area contributed by atoms with Crippen molar-refractivity contribution < 1.29 is 31.9 Å². The summed E-state index contributed by atoms with van der Waals surface area (Å²) in [5.41, 5.74) is 0.724. The highest BCUT2D eigenvalue weighted by Crippen LogP contribution is 2.31. The second-order valence-electron chi connectivity index (χ2n) is 7.69. The Bertz CT molecular complexity index is 1270. The van der Waals surface area contributed by atoms with Crippen LogP contribution in [0.3, 0.4) is 0 Å². The van der Waals surface area contributed by atoms with Crippen LogP contribution in [0.5, 0.6) is 0 Å². The summed E-state index contributed by atoms with van der Waals surface area (Å²) in [6.45, 7) is 1.04. The predicted molar refractivity (Wildman–Crippen MR) is 127 cm³/mol. The van der Waals surface area contributed by atoms with Crippen molar-refractivity contribution in [2.75, 3.05) is 39.4 Å². The summed E-state index contributed by atoms with van der Waals surface area (Å²) >= 11 is 0.766. The molecule has 2 fully saturated rings. The van der Waals surface area contributed by atoms with Gasteiger partial charge in [0.15, 0.2) is 0 Å². The maximum atomic E-state index is 13.1. The Morgan fingerprint density at radius 1 is 1.11 bits per heavy atom. The second kappa shape index (κ2) is 10.7. The molecule has 0 radical (unpaired) electrons. The number of imide groups is 1. The number of nitrogens with zero attached hydrogens (tertiary/aromatic N) is 2. The Morgan fingerprint density at radius 3 is 2.54 bits per heavy atom.